The van der Waals surface area contributed by atoms with Crippen molar-refractivity contribution in [2.24, 2.45) is 0 Å². The molecule has 2 aromatic carbocycles. The SMILES string of the molecule is COc1cccc2c1N(Cc1cccc(N)c1)CCC2. The van der Waals surface area contributed by atoms with E-state index in [1.807, 2.05) is 24.3 Å². The molecule has 0 radical (unpaired) electrons. The van der Waals surface area contributed by atoms with E-state index in [0.717, 1.165) is 30.9 Å². The second-order valence-electron chi connectivity index (χ2n) is 5.24. The average Bonchev–Trinajstić information content (AvgIpc) is 2.47. The number of nitrogens with two attached hydrogens (primary N) is 1. The third-order valence-corrected chi connectivity index (χ3v) is 3.82. The molecule has 0 spiro atoms. The number of hydrogen-bond donors (Lipinski definition) is 1. The van der Waals surface area contributed by atoms with Crippen molar-refractivity contribution in [3.05, 3.63) is 53.6 Å². The van der Waals surface area contributed by atoms with Crippen molar-refractivity contribution in [3.63, 3.8) is 0 Å². The van der Waals surface area contributed by atoms with Crippen molar-refractivity contribution < 1.29 is 4.74 Å². The molecule has 0 amide bonds. The zero-order valence-electron chi connectivity index (χ0n) is 11.8. The number of aryl methyl sites for hydroxylation is 1. The highest BCUT2D eigenvalue weighted by atomic mass is 16.5. The summed E-state index contributed by atoms with van der Waals surface area (Å²) in [7, 11) is 1.74. The van der Waals surface area contributed by atoms with E-state index >= 15 is 0 Å². The van der Waals surface area contributed by atoms with Crippen LogP contribution in [0.15, 0.2) is 42.5 Å². The summed E-state index contributed by atoms with van der Waals surface area (Å²) in [6.45, 7) is 1.93. The Morgan fingerprint density at radius 2 is 2.05 bits per heavy atom. The van der Waals surface area contributed by atoms with Gasteiger partial charge in [0.05, 0.1) is 12.8 Å². The second-order valence-corrected chi connectivity index (χ2v) is 5.24. The van der Waals surface area contributed by atoms with Gasteiger partial charge < -0.3 is 15.4 Å². The maximum Gasteiger partial charge on any atom is 0.142 e. The van der Waals surface area contributed by atoms with Crippen LogP contribution in [0.4, 0.5) is 11.4 Å². The third kappa shape index (κ3) is 2.44. The Balaban J connectivity index is 1.93. The number of rotatable bonds is 3. The zero-order chi connectivity index (χ0) is 13.9. The molecule has 1 heterocycles. The first-order valence-electron chi connectivity index (χ1n) is 7.03. The van der Waals surface area contributed by atoms with Gasteiger partial charge in [-0.25, -0.2) is 0 Å². The van der Waals surface area contributed by atoms with E-state index < -0.39 is 0 Å². The van der Waals surface area contributed by atoms with Gasteiger partial charge in [-0.05, 0) is 42.2 Å². The first kappa shape index (κ1) is 12.9. The Kier molecular flexibility index (Phi) is 3.50. The first-order valence-corrected chi connectivity index (χ1v) is 7.03. The summed E-state index contributed by atoms with van der Waals surface area (Å²) in [4.78, 5) is 2.40. The van der Waals surface area contributed by atoms with Crippen LogP contribution in [-0.2, 0) is 13.0 Å². The number of ether oxygens (including phenoxy) is 1. The smallest absolute Gasteiger partial charge is 0.142 e. The lowest BCUT2D eigenvalue weighted by Crippen LogP contribution is -2.29. The molecule has 0 aromatic heterocycles. The molecule has 1 aliphatic heterocycles. The molecule has 3 nitrogen and oxygen atoms in total. The van der Waals surface area contributed by atoms with Gasteiger partial charge in [-0.15, -0.1) is 0 Å². The number of hydrogen-bond acceptors (Lipinski definition) is 3. The lowest BCUT2D eigenvalue weighted by atomic mass is 10.00. The lowest BCUT2D eigenvalue weighted by Gasteiger charge is -2.32. The van der Waals surface area contributed by atoms with Gasteiger partial charge in [0.15, 0.2) is 0 Å². The standard InChI is InChI=1S/C17H20N2O/c1-20-16-9-3-6-14-7-4-10-19(17(14)16)12-13-5-2-8-15(18)11-13/h2-3,5-6,8-9,11H,4,7,10,12,18H2,1H3. The van der Waals surface area contributed by atoms with Crippen LogP contribution in [-0.4, -0.2) is 13.7 Å². The van der Waals surface area contributed by atoms with Crippen molar-refractivity contribution in [1.82, 2.24) is 0 Å². The molecule has 0 atom stereocenters. The highest BCUT2D eigenvalue weighted by Gasteiger charge is 2.20. The number of benzene rings is 2. The number of fused-ring (bicyclic) bond motifs is 1. The predicted molar refractivity (Wildman–Crippen MR) is 83.2 cm³/mol. The van der Waals surface area contributed by atoms with Crippen LogP contribution in [0.3, 0.4) is 0 Å². The number of nitrogen functional groups attached to an aromatic ring is 1. The maximum atomic E-state index is 5.87. The van der Waals surface area contributed by atoms with Gasteiger partial charge in [-0.2, -0.15) is 0 Å². The van der Waals surface area contributed by atoms with Crippen molar-refractivity contribution in [2.45, 2.75) is 19.4 Å². The first-order chi connectivity index (χ1) is 9.78. The topological polar surface area (TPSA) is 38.5 Å². The minimum atomic E-state index is 0.819. The largest absolute Gasteiger partial charge is 0.495 e. The second kappa shape index (κ2) is 5.45. The van der Waals surface area contributed by atoms with E-state index in [9.17, 15) is 0 Å². The normalized spacial score (nSPS) is 13.9. The summed E-state index contributed by atoms with van der Waals surface area (Å²) in [5, 5.41) is 0. The van der Waals surface area contributed by atoms with Crippen molar-refractivity contribution in [2.75, 3.05) is 24.3 Å². The highest BCUT2D eigenvalue weighted by Crippen LogP contribution is 2.36. The van der Waals surface area contributed by atoms with Crippen LogP contribution in [0, 0.1) is 0 Å². The number of nitrogens with zero attached hydrogens (tertiary/aromatic N) is 1. The summed E-state index contributed by atoms with van der Waals surface area (Å²) in [6.07, 6.45) is 2.31. The van der Waals surface area contributed by atoms with Gasteiger partial charge in [-0.1, -0.05) is 24.3 Å². The lowest BCUT2D eigenvalue weighted by molar-refractivity contribution is 0.412. The predicted octanol–water partition coefficient (Wildman–Crippen LogP) is 3.23. The molecule has 0 unspecified atom stereocenters. The van der Waals surface area contributed by atoms with Gasteiger partial charge in [0, 0.05) is 18.8 Å². The van der Waals surface area contributed by atoms with E-state index in [4.69, 9.17) is 10.5 Å². The summed E-state index contributed by atoms with van der Waals surface area (Å²) in [5.41, 5.74) is 10.5. The minimum Gasteiger partial charge on any atom is -0.495 e. The summed E-state index contributed by atoms with van der Waals surface area (Å²) < 4.78 is 5.54. The summed E-state index contributed by atoms with van der Waals surface area (Å²) in [5.74, 6) is 0.964. The Morgan fingerprint density at radius 3 is 2.85 bits per heavy atom. The summed E-state index contributed by atoms with van der Waals surface area (Å²) >= 11 is 0. The Hall–Kier alpha value is -2.16. The molecule has 2 aromatic rings. The fraction of sp³-hybridized carbons (Fsp3) is 0.294. The van der Waals surface area contributed by atoms with Crippen LogP contribution < -0.4 is 15.4 Å². The molecule has 0 fully saturated rings. The van der Waals surface area contributed by atoms with E-state index in [-0.39, 0.29) is 0 Å². The molecular weight excluding hydrogens is 248 g/mol. The van der Waals surface area contributed by atoms with Crippen molar-refractivity contribution in [3.8, 4) is 5.75 Å². The van der Waals surface area contributed by atoms with Crippen LogP contribution in [0.5, 0.6) is 5.75 Å². The molecule has 104 valence electrons. The van der Waals surface area contributed by atoms with E-state index in [1.54, 1.807) is 7.11 Å². The molecular formula is C17H20N2O. The molecule has 20 heavy (non-hydrogen) atoms. The Bertz CT molecular complexity index is 595. The number of para-hydroxylation sites is 1. The third-order valence-electron chi connectivity index (χ3n) is 3.82. The van der Waals surface area contributed by atoms with E-state index in [0.29, 0.717) is 0 Å². The van der Waals surface area contributed by atoms with Crippen molar-refractivity contribution >= 4 is 11.4 Å². The molecule has 0 bridgehead atoms. The average molecular weight is 268 g/mol. The van der Waals surface area contributed by atoms with Crippen LogP contribution in [0.1, 0.15) is 17.5 Å². The molecule has 0 saturated carbocycles. The van der Waals surface area contributed by atoms with E-state index in [1.165, 1.54) is 23.2 Å². The van der Waals surface area contributed by atoms with Crippen LogP contribution >= 0.6 is 0 Å². The molecule has 1 aliphatic rings. The molecule has 3 rings (SSSR count). The fourth-order valence-electron chi connectivity index (χ4n) is 2.94. The van der Waals surface area contributed by atoms with Crippen molar-refractivity contribution in [1.29, 1.82) is 0 Å². The van der Waals surface area contributed by atoms with Gasteiger partial charge >= 0.3 is 0 Å². The maximum absolute atomic E-state index is 5.87. The van der Waals surface area contributed by atoms with Gasteiger partial charge in [-0.3, -0.25) is 0 Å². The molecule has 0 aliphatic carbocycles. The van der Waals surface area contributed by atoms with Crippen LogP contribution in [0.25, 0.3) is 0 Å². The molecule has 0 saturated heterocycles. The Morgan fingerprint density at radius 1 is 1.20 bits per heavy atom. The van der Waals surface area contributed by atoms with E-state index in [2.05, 4.69) is 23.1 Å². The van der Waals surface area contributed by atoms with Crippen LogP contribution in [0.2, 0.25) is 0 Å². The number of methoxy groups -OCH3 is 1. The Labute approximate surface area is 120 Å². The zero-order valence-corrected chi connectivity index (χ0v) is 11.8. The van der Waals surface area contributed by atoms with Gasteiger partial charge in [0.1, 0.15) is 5.75 Å². The molecule has 2 N–H and O–H groups in total. The quantitative estimate of drug-likeness (QED) is 0.869. The highest BCUT2D eigenvalue weighted by molar-refractivity contribution is 5.65. The minimum absolute atomic E-state index is 0.819. The van der Waals surface area contributed by atoms with Gasteiger partial charge in [0.25, 0.3) is 0 Å². The molecule has 3 heteroatoms. The summed E-state index contributed by atoms with van der Waals surface area (Å²) in [6, 6.07) is 14.4. The number of anilines is 2. The monoisotopic (exact) mass is 268 g/mol. The fourth-order valence-corrected chi connectivity index (χ4v) is 2.94. The van der Waals surface area contributed by atoms with Gasteiger partial charge in [0.2, 0.25) is 0 Å².